The first kappa shape index (κ1) is 12.3. The molecule has 19 heavy (non-hydrogen) atoms. The van der Waals surface area contributed by atoms with E-state index in [0.29, 0.717) is 16.9 Å². The Kier molecular flexibility index (Phi) is 3.10. The van der Waals surface area contributed by atoms with E-state index in [9.17, 15) is 0 Å². The van der Waals surface area contributed by atoms with Crippen LogP contribution in [-0.4, -0.2) is 19.9 Å². The average Bonchev–Trinajstić information content (AvgIpc) is 3.19. The number of nitrogens with two attached hydrogens (primary N) is 1. The predicted molar refractivity (Wildman–Crippen MR) is 74.0 cm³/mol. The maximum absolute atomic E-state index is 5.97. The number of aromatic nitrogens is 4. The summed E-state index contributed by atoms with van der Waals surface area (Å²) in [6, 6.07) is 1.88. The number of aryl methyl sites for hydroxylation is 1. The molecule has 1 aliphatic carbocycles. The lowest BCUT2D eigenvalue weighted by Gasteiger charge is -2.08. The molecule has 0 aliphatic heterocycles. The van der Waals surface area contributed by atoms with E-state index >= 15 is 0 Å². The van der Waals surface area contributed by atoms with Crippen molar-refractivity contribution >= 4 is 17.6 Å². The normalized spacial score (nSPS) is 14.6. The van der Waals surface area contributed by atoms with Crippen LogP contribution in [0.5, 0.6) is 0 Å². The monoisotopic (exact) mass is 273 g/mol. The van der Waals surface area contributed by atoms with Crippen LogP contribution in [0, 0.1) is 13.8 Å². The molecule has 0 amide bonds. The summed E-state index contributed by atoms with van der Waals surface area (Å²) in [5, 5.41) is 1.56. The number of nitrogen functional groups attached to an aromatic ring is 1. The molecule has 2 aromatic heterocycles. The fourth-order valence-electron chi connectivity index (χ4n) is 1.71. The SMILES string of the molecule is Cc1ccnc(Sc2nc(C3CC3)nc(N)c2C)n1. The van der Waals surface area contributed by atoms with E-state index < -0.39 is 0 Å². The van der Waals surface area contributed by atoms with E-state index in [1.807, 2.05) is 19.9 Å². The van der Waals surface area contributed by atoms with Crippen molar-refractivity contribution in [1.29, 1.82) is 0 Å². The zero-order valence-corrected chi connectivity index (χ0v) is 11.7. The molecule has 0 bridgehead atoms. The molecule has 1 fully saturated rings. The molecule has 1 saturated carbocycles. The van der Waals surface area contributed by atoms with Gasteiger partial charge in [-0.3, -0.25) is 0 Å². The first-order valence-electron chi connectivity index (χ1n) is 6.25. The van der Waals surface area contributed by atoms with Gasteiger partial charge in [-0.05, 0) is 44.5 Å². The number of hydrogen-bond donors (Lipinski definition) is 1. The highest BCUT2D eigenvalue weighted by atomic mass is 32.2. The zero-order chi connectivity index (χ0) is 13.4. The molecular formula is C13H15N5S. The van der Waals surface area contributed by atoms with Crippen LogP contribution in [0.2, 0.25) is 0 Å². The van der Waals surface area contributed by atoms with Crippen LogP contribution in [0.1, 0.15) is 35.8 Å². The van der Waals surface area contributed by atoms with Crippen LogP contribution in [0.3, 0.4) is 0 Å². The molecule has 0 spiro atoms. The van der Waals surface area contributed by atoms with Gasteiger partial charge in [0.1, 0.15) is 16.7 Å². The molecule has 2 N–H and O–H groups in total. The first-order valence-corrected chi connectivity index (χ1v) is 7.06. The quantitative estimate of drug-likeness (QED) is 0.684. The van der Waals surface area contributed by atoms with E-state index in [0.717, 1.165) is 34.9 Å². The van der Waals surface area contributed by atoms with Gasteiger partial charge in [-0.1, -0.05) is 0 Å². The van der Waals surface area contributed by atoms with Crippen LogP contribution in [0.25, 0.3) is 0 Å². The highest BCUT2D eigenvalue weighted by Crippen LogP contribution is 2.40. The van der Waals surface area contributed by atoms with Gasteiger partial charge < -0.3 is 5.73 Å². The molecular weight excluding hydrogens is 258 g/mol. The topological polar surface area (TPSA) is 77.6 Å². The Bertz CT molecular complexity index is 624. The summed E-state index contributed by atoms with van der Waals surface area (Å²) in [4.78, 5) is 17.6. The van der Waals surface area contributed by atoms with Crippen LogP contribution in [0.4, 0.5) is 5.82 Å². The lowest BCUT2D eigenvalue weighted by atomic mass is 10.3. The van der Waals surface area contributed by atoms with Gasteiger partial charge in [-0.25, -0.2) is 19.9 Å². The van der Waals surface area contributed by atoms with Crippen molar-refractivity contribution in [3.05, 3.63) is 29.3 Å². The molecule has 6 heteroatoms. The molecule has 2 aromatic rings. The van der Waals surface area contributed by atoms with Crippen molar-refractivity contribution < 1.29 is 0 Å². The Morgan fingerprint density at radius 2 is 2.00 bits per heavy atom. The Labute approximate surface area is 116 Å². The summed E-state index contributed by atoms with van der Waals surface area (Å²) in [6.45, 7) is 3.88. The van der Waals surface area contributed by atoms with E-state index in [1.54, 1.807) is 6.20 Å². The van der Waals surface area contributed by atoms with Gasteiger partial charge in [0.2, 0.25) is 0 Å². The van der Waals surface area contributed by atoms with E-state index in [1.165, 1.54) is 11.8 Å². The van der Waals surface area contributed by atoms with Gasteiger partial charge >= 0.3 is 0 Å². The molecule has 5 nitrogen and oxygen atoms in total. The highest BCUT2D eigenvalue weighted by Gasteiger charge is 2.28. The average molecular weight is 273 g/mol. The Morgan fingerprint density at radius 3 is 2.68 bits per heavy atom. The summed E-state index contributed by atoms with van der Waals surface area (Å²) in [6.07, 6.45) is 4.08. The van der Waals surface area contributed by atoms with Crippen molar-refractivity contribution in [3.8, 4) is 0 Å². The summed E-state index contributed by atoms with van der Waals surface area (Å²) in [5.41, 5.74) is 7.81. The number of hydrogen-bond acceptors (Lipinski definition) is 6. The van der Waals surface area contributed by atoms with E-state index in [2.05, 4.69) is 19.9 Å². The molecule has 0 aromatic carbocycles. The maximum Gasteiger partial charge on any atom is 0.194 e. The van der Waals surface area contributed by atoms with Crippen molar-refractivity contribution in [1.82, 2.24) is 19.9 Å². The van der Waals surface area contributed by atoms with Crippen molar-refractivity contribution in [2.45, 2.75) is 42.8 Å². The third-order valence-corrected chi connectivity index (χ3v) is 4.03. The molecule has 0 radical (unpaired) electrons. The van der Waals surface area contributed by atoms with Gasteiger partial charge in [0.25, 0.3) is 0 Å². The van der Waals surface area contributed by atoms with E-state index in [4.69, 9.17) is 5.73 Å². The smallest absolute Gasteiger partial charge is 0.194 e. The van der Waals surface area contributed by atoms with Crippen molar-refractivity contribution in [2.24, 2.45) is 0 Å². The predicted octanol–water partition coefficient (Wildman–Crippen LogP) is 2.49. The fourth-order valence-corrected chi connectivity index (χ4v) is 2.59. The minimum absolute atomic E-state index is 0.487. The second-order valence-corrected chi connectivity index (χ2v) is 5.71. The van der Waals surface area contributed by atoms with Gasteiger partial charge in [0.05, 0.1) is 0 Å². The molecule has 0 saturated heterocycles. The van der Waals surface area contributed by atoms with Crippen LogP contribution in [-0.2, 0) is 0 Å². The summed E-state index contributed by atoms with van der Waals surface area (Å²) in [7, 11) is 0. The second kappa shape index (κ2) is 4.77. The second-order valence-electron chi connectivity index (χ2n) is 4.75. The molecule has 3 rings (SSSR count). The van der Waals surface area contributed by atoms with Gasteiger partial charge in [0.15, 0.2) is 5.16 Å². The first-order chi connectivity index (χ1) is 9.13. The minimum Gasteiger partial charge on any atom is -0.383 e. The number of nitrogens with zero attached hydrogens (tertiary/aromatic N) is 4. The fraction of sp³-hybridized carbons (Fsp3) is 0.385. The number of rotatable bonds is 3. The van der Waals surface area contributed by atoms with Crippen molar-refractivity contribution in [3.63, 3.8) is 0 Å². The molecule has 98 valence electrons. The molecule has 0 unspecified atom stereocenters. The van der Waals surface area contributed by atoms with Crippen LogP contribution in [0.15, 0.2) is 22.4 Å². The highest BCUT2D eigenvalue weighted by molar-refractivity contribution is 7.99. The van der Waals surface area contributed by atoms with Gasteiger partial charge in [0, 0.05) is 23.4 Å². The summed E-state index contributed by atoms with van der Waals surface area (Å²) in [5.74, 6) is 1.91. The molecule has 0 atom stereocenters. The minimum atomic E-state index is 0.487. The molecule has 2 heterocycles. The Morgan fingerprint density at radius 1 is 1.21 bits per heavy atom. The largest absolute Gasteiger partial charge is 0.383 e. The van der Waals surface area contributed by atoms with E-state index in [-0.39, 0.29) is 0 Å². The van der Waals surface area contributed by atoms with Gasteiger partial charge in [-0.2, -0.15) is 0 Å². The lowest BCUT2D eigenvalue weighted by Crippen LogP contribution is -2.04. The maximum atomic E-state index is 5.97. The van der Waals surface area contributed by atoms with Gasteiger partial charge in [-0.15, -0.1) is 0 Å². The third-order valence-electron chi connectivity index (χ3n) is 3.06. The Hall–Kier alpha value is -1.69. The van der Waals surface area contributed by atoms with Crippen molar-refractivity contribution in [2.75, 3.05) is 5.73 Å². The molecule has 1 aliphatic rings. The zero-order valence-electron chi connectivity index (χ0n) is 10.9. The summed E-state index contributed by atoms with van der Waals surface area (Å²) < 4.78 is 0. The lowest BCUT2D eigenvalue weighted by molar-refractivity contribution is 0.861. The standard InChI is InChI=1S/C13H15N5S/c1-7-5-6-15-13(16-7)19-12-8(2)10(14)17-11(18-12)9-3-4-9/h5-6,9H,3-4H2,1-2H3,(H2,14,17,18). The summed E-state index contributed by atoms with van der Waals surface area (Å²) >= 11 is 1.45. The Balaban J connectivity index is 1.95. The number of anilines is 1. The third kappa shape index (κ3) is 2.68. The van der Waals surface area contributed by atoms with Crippen LogP contribution >= 0.6 is 11.8 Å². The van der Waals surface area contributed by atoms with Crippen LogP contribution < -0.4 is 5.73 Å².